The van der Waals surface area contributed by atoms with Crippen LogP contribution < -0.4 is 10.2 Å². The largest absolute Gasteiger partial charge is 0.352 e. The lowest BCUT2D eigenvalue weighted by Crippen LogP contribution is -3.08. The van der Waals surface area contributed by atoms with Crippen molar-refractivity contribution in [2.45, 2.75) is 38.8 Å². The molecule has 6 nitrogen and oxygen atoms in total. The van der Waals surface area contributed by atoms with E-state index in [2.05, 4.69) is 39.7 Å². The lowest BCUT2D eigenvalue weighted by molar-refractivity contribution is -0.901. The summed E-state index contributed by atoms with van der Waals surface area (Å²) in [6.07, 6.45) is 3.39. The maximum absolute atomic E-state index is 12.2. The Morgan fingerprint density at radius 1 is 1.03 bits per heavy atom. The minimum Gasteiger partial charge on any atom is -0.352 e. The van der Waals surface area contributed by atoms with Crippen molar-refractivity contribution < 1.29 is 14.2 Å². The molecule has 0 unspecified atom stereocenters. The molecule has 0 spiro atoms. The van der Waals surface area contributed by atoms with Crippen LogP contribution in [0.5, 0.6) is 0 Å². The Morgan fingerprint density at radius 2 is 1.73 bits per heavy atom. The number of hydrogen-bond acceptors (Lipinski definition) is 4. The van der Waals surface area contributed by atoms with E-state index in [1.54, 1.807) is 17.0 Å². The number of rotatable bonds is 8. The molecule has 1 aliphatic heterocycles. The predicted octanol–water partition coefficient (Wildman–Crippen LogP) is 2.82. The number of carbonyl (C=O) groups excluding carboxylic acids is 1. The fraction of sp³-hybridized carbons (Fsp3) is 0.348. The second kappa shape index (κ2) is 9.87. The van der Waals surface area contributed by atoms with Crippen LogP contribution in [-0.4, -0.2) is 29.1 Å². The van der Waals surface area contributed by atoms with Gasteiger partial charge in [-0.25, -0.2) is 0 Å². The molecule has 1 aliphatic rings. The van der Waals surface area contributed by atoms with E-state index in [-0.39, 0.29) is 5.91 Å². The van der Waals surface area contributed by atoms with E-state index in [0.717, 1.165) is 17.7 Å². The number of halogens is 1. The van der Waals surface area contributed by atoms with Crippen LogP contribution in [-0.2, 0) is 24.3 Å². The summed E-state index contributed by atoms with van der Waals surface area (Å²) in [6, 6.07) is 15.8. The minimum absolute atomic E-state index is 0.0353. The number of nitrogens with one attached hydrogen (secondary N) is 2. The maximum Gasteiger partial charge on any atom is 0.227 e. The highest BCUT2D eigenvalue weighted by Crippen LogP contribution is 2.19. The summed E-state index contributed by atoms with van der Waals surface area (Å²) < 4.78 is 5.25. The first-order valence-electron chi connectivity index (χ1n) is 10.4. The molecule has 1 fully saturated rings. The molecule has 30 heavy (non-hydrogen) atoms. The molecule has 0 radical (unpaired) electrons. The fourth-order valence-electron chi connectivity index (χ4n) is 3.70. The summed E-state index contributed by atoms with van der Waals surface area (Å²) in [5.74, 6) is 0.911. The van der Waals surface area contributed by atoms with Crippen molar-refractivity contribution in [3.8, 4) is 11.4 Å². The van der Waals surface area contributed by atoms with Crippen molar-refractivity contribution in [2.24, 2.45) is 0 Å². The van der Waals surface area contributed by atoms with Gasteiger partial charge in [0, 0.05) is 48.4 Å². The highest BCUT2D eigenvalue weighted by molar-refractivity contribution is 6.30. The van der Waals surface area contributed by atoms with Crippen LogP contribution in [0.3, 0.4) is 0 Å². The Morgan fingerprint density at radius 3 is 2.47 bits per heavy atom. The third-order valence-electron chi connectivity index (χ3n) is 5.41. The van der Waals surface area contributed by atoms with Gasteiger partial charge in [0.05, 0.1) is 13.1 Å². The first kappa shape index (κ1) is 20.6. The zero-order valence-electron chi connectivity index (χ0n) is 16.9. The molecule has 0 aliphatic carbocycles. The number of hydrogen-bond donors (Lipinski definition) is 2. The molecular formula is C23H26ClN4O2+. The molecule has 1 amide bonds. The Hall–Kier alpha value is -2.70. The first-order chi connectivity index (χ1) is 14.7. The zero-order valence-corrected chi connectivity index (χ0v) is 17.6. The van der Waals surface area contributed by atoms with E-state index >= 15 is 0 Å². The average Bonchev–Trinajstić information content (AvgIpc) is 3.44. The van der Waals surface area contributed by atoms with Gasteiger partial charge in [-0.15, -0.1) is 0 Å². The van der Waals surface area contributed by atoms with Crippen molar-refractivity contribution in [3.05, 3.63) is 70.6 Å². The summed E-state index contributed by atoms with van der Waals surface area (Å²) in [4.78, 5) is 18.2. The molecule has 2 N–H and O–H groups in total. The first-order valence-corrected chi connectivity index (χ1v) is 10.8. The van der Waals surface area contributed by atoms with Gasteiger partial charge in [0.15, 0.2) is 0 Å². The SMILES string of the molecule is O=C(CCc1nc(-c2ccc(Cl)cc2)no1)NCc1ccc(C[NH+]2CCCC2)cc1. The van der Waals surface area contributed by atoms with Crippen molar-refractivity contribution in [1.82, 2.24) is 15.5 Å². The van der Waals surface area contributed by atoms with Gasteiger partial charge in [0.2, 0.25) is 17.6 Å². The van der Waals surface area contributed by atoms with Gasteiger partial charge in [-0.2, -0.15) is 4.98 Å². The average molecular weight is 426 g/mol. The molecule has 1 aromatic heterocycles. The summed E-state index contributed by atoms with van der Waals surface area (Å²) in [7, 11) is 0. The Kier molecular flexibility index (Phi) is 6.77. The van der Waals surface area contributed by atoms with E-state index in [1.807, 2.05) is 12.1 Å². The number of nitrogens with zero attached hydrogens (tertiary/aromatic N) is 2. The van der Waals surface area contributed by atoms with Crippen molar-refractivity contribution in [1.29, 1.82) is 0 Å². The molecule has 0 atom stereocenters. The van der Waals surface area contributed by atoms with Gasteiger partial charge in [0.1, 0.15) is 6.54 Å². The van der Waals surface area contributed by atoms with Crippen LogP contribution in [0.4, 0.5) is 0 Å². The molecule has 2 heterocycles. The highest BCUT2D eigenvalue weighted by atomic mass is 35.5. The molecule has 2 aromatic carbocycles. The Labute approximate surface area is 181 Å². The van der Waals surface area contributed by atoms with E-state index < -0.39 is 0 Å². The molecule has 7 heteroatoms. The number of likely N-dealkylation sites (tertiary alicyclic amines) is 1. The zero-order chi connectivity index (χ0) is 20.8. The van der Waals surface area contributed by atoms with Gasteiger partial charge in [0.25, 0.3) is 0 Å². The summed E-state index contributed by atoms with van der Waals surface area (Å²) in [6.45, 7) is 4.17. The fourth-order valence-corrected chi connectivity index (χ4v) is 3.82. The number of carbonyl (C=O) groups is 1. The number of aromatic nitrogens is 2. The lowest BCUT2D eigenvalue weighted by Gasteiger charge is -2.12. The number of quaternary nitrogens is 1. The second-order valence-corrected chi connectivity index (χ2v) is 8.18. The third kappa shape index (κ3) is 5.68. The van der Waals surface area contributed by atoms with Crippen LogP contribution in [0.1, 0.15) is 36.3 Å². The van der Waals surface area contributed by atoms with E-state index in [4.69, 9.17) is 16.1 Å². The summed E-state index contributed by atoms with van der Waals surface area (Å²) >= 11 is 5.90. The number of amides is 1. The van der Waals surface area contributed by atoms with Crippen molar-refractivity contribution in [3.63, 3.8) is 0 Å². The Bertz CT molecular complexity index is 964. The molecule has 0 bridgehead atoms. The van der Waals surface area contributed by atoms with Crippen LogP contribution >= 0.6 is 11.6 Å². The normalized spacial score (nSPS) is 14.2. The van der Waals surface area contributed by atoms with Gasteiger partial charge in [-0.3, -0.25) is 4.79 Å². The lowest BCUT2D eigenvalue weighted by atomic mass is 10.1. The molecule has 1 saturated heterocycles. The highest BCUT2D eigenvalue weighted by Gasteiger charge is 2.15. The van der Waals surface area contributed by atoms with Gasteiger partial charge >= 0.3 is 0 Å². The summed E-state index contributed by atoms with van der Waals surface area (Å²) in [5.41, 5.74) is 3.29. The van der Waals surface area contributed by atoms with Crippen LogP contribution in [0.2, 0.25) is 5.02 Å². The monoisotopic (exact) mass is 425 g/mol. The van der Waals surface area contributed by atoms with Crippen LogP contribution in [0, 0.1) is 0 Å². The number of aryl methyl sites for hydroxylation is 1. The topological polar surface area (TPSA) is 72.5 Å². The maximum atomic E-state index is 12.2. The molecule has 3 aromatic rings. The standard InChI is InChI=1S/C23H25ClN4O2/c24-20-9-7-19(8-10-20)23-26-22(30-27-23)12-11-21(29)25-15-17-3-5-18(6-4-17)16-28-13-1-2-14-28/h3-10H,1-2,11-16H2,(H,25,29)/p+1. The van der Waals surface area contributed by atoms with Gasteiger partial charge in [-0.05, 0) is 29.8 Å². The van der Waals surface area contributed by atoms with Crippen molar-refractivity contribution in [2.75, 3.05) is 13.1 Å². The molecule has 156 valence electrons. The molecule has 0 saturated carbocycles. The second-order valence-electron chi connectivity index (χ2n) is 7.75. The van der Waals surface area contributed by atoms with Gasteiger partial charge in [-0.1, -0.05) is 41.0 Å². The van der Waals surface area contributed by atoms with E-state index in [9.17, 15) is 4.79 Å². The molecule has 4 rings (SSSR count). The summed E-state index contributed by atoms with van der Waals surface area (Å²) in [5, 5.41) is 7.58. The third-order valence-corrected chi connectivity index (χ3v) is 5.67. The van der Waals surface area contributed by atoms with Crippen LogP contribution in [0.15, 0.2) is 53.1 Å². The molecular weight excluding hydrogens is 400 g/mol. The predicted molar refractivity (Wildman–Crippen MR) is 115 cm³/mol. The van der Waals surface area contributed by atoms with E-state index in [0.29, 0.717) is 36.1 Å². The smallest absolute Gasteiger partial charge is 0.227 e. The van der Waals surface area contributed by atoms with Gasteiger partial charge < -0.3 is 14.7 Å². The Balaban J connectivity index is 1.21. The van der Waals surface area contributed by atoms with Crippen molar-refractivity contribution >= 4 is 17.5 Å². The minimum atomic E-state index is -0.0353. The van der Waals surface area contributed by atoms with Crippen LogP contribution in [0.25, 0.3) is 11.4 Å². The quantitative estimate of drug-likeness (QED) is 0.582. The van der Waals surface area contributed by atoms with E-state index in [1.165, 1.54) is 31.5 Å². The number of benzene rings is 2.